The highest BCUT2D eigenvalue weighted by Crippen LogP contribution is 1.68. The maximum Gasteiger partial charge on any atom is 0.448 e. The average Bonchev–Trinajstić information content (AvgIpc) is 1.59. The van der Waals surface area contributed by atoms with Crippen LogP contribution >= 0.6 is 0 Å². The second-order valence-electron chi connectivity index (χ2n) is 1.20. The van der Waals surface area contributed by atoms with Crippen LogP contribution in [0.3, 0.4) is 0 Å². The minimum atomic E-state index is -5.34. The van der Waals surface area contributed by atoms with E-state index in [1.807, 2.05) is 0 Å². The molecule has 0 aromatic carbocycles. The normalized spacial score (nSPS) is 14.0. The van der Waals surface area contributed by atoms with Gasteiger partial charge in [-0.1, -0.05) is 0 Å². The van der Waals surface area contributed by atoms with Gasteiger partial charge in [0.05, 0.1) is 0 Å². The van der Waals surface area contributed by atoms with E-state index in [1.165, 1.54) is 0 Å². The van der Waals surface area contributed by atoms with Crippen molar-refractivity contribution in [3.8, 4) is 0 Å². The molecule has 0 amide bonds. The molecule has 0 fully saturated rings. The van der Waals surface area contributed by atoms with Crippen molar-refractivity contribution >= 4 is 20.6 Å². The van der Waals surface area contributed by atoms with Crippen LogP contribution in [0.2, 0.25) is 0 Å². The molecule has 0 aliphatic heterocycles. The van der Waals surface area contributed by atoms with Gasteiger partial charge in [-0.25, -0.2) is 9.11 Å². The van der Waals surface area contributed by atoms with Crippen LogP contribution in [0.4, 0.5) is 0 Å². The molecule has 0 aliphatic rings. The molecule has 0 heterocycles. The molecule has 0 saturated heterocycles. The third-order valence-electron chi connectivity index (χ3n) is 0.421. The van der Waals surface area contributed by atoms with Crippen LogP contribution < -0.4 is 3.87 Å². The van der Waals surface area contributed by atoms with Gasteiger partial charge in [-0.3, -0.25) is 0 Å². The second-order valence-corrected chi connectivity index (χ2v) is 4.10. The Morgan fingerprint density at radius 1 is 1.00 bits per heavy atom. The van der Waals surface area contributed by atoms with E-state index >= 15 is 0 Å². The summed E-state index contributed by atoms with van der Waals surface area (Å²) in [7, 11) is -10.7. The SMILES string of the molecule is O=S(=O)(O)[NH+]([O-])S(=O)(=O)O. The quantitative estimate of drug-likeness (QED) is 0.313. The molecule has 0 aliphatic carbocycles. The Morgan fingerprint density at radius 3 is 1.20 bits per heavy atom. The average molecular weight is 193 g/mol. The minimum Gasteiger partial charge on any atom is -0.599 e. The van der Waals surface area contributed by atoms with Gasteiger partial charge in [0, 0.05) is 0 Å². The van der Waals surface area contributed by atoms with Crippen molar-refractivity contribution in [2.24, 2.45) is 0 Å². The first-order valence-electron chi connectivity index (χ1n) is 1.64. The predicted molar refractivity (Wildman–Crippen MR) is 27.4 cm³/mol. The van der Waals surface area contributed by atoms with Gasteiger partial charge in [-0.15, -0.1) is 20.7 Å². The Bertz CT molecular complexity index is 260. The zero-order valence-corrected chi connectivity index (χ0v) is 5.89. The number of nitrogens with one attached hydrogen (secondary N) is 1. The Balaban J connectivity index is 4.94. The zero-order chi connectivity index (χ0) is 8.58. The molecule has 0 rings (SSSR count). The third kappa shape index (κ3) is 2.55. The van der Waals surface area contributed by atoms with Gasteiger partial charge in [-0.05, 0) is 0 Å². The Hall–Kier alpha value is -0.260. The van der Waals surface area contributed by atoms with Gasteiger partial charge < -0.3 is 5.21 Å². The summed E-state index contributed by atoms with van der Waals surface area (Å²) in [5.41, 5.74) is 0. The van der Waals surface area contributed by atoms with Crippen molar-refractivity contribution in [1.82, 2.24) is 0 Å². The van der Waals surface area contributed by atoms with Crippen molar-refractivity contribution in [2.45, 2.75) is 0 Å². The van der Waals surface area contributed by atoms with Gasteiger partial charge >= 0.3 is 20.6 Å². The van der Waals surface area contributed by atoms with Gasteiger partial charge in [0.2, 0.25) is 0 Å². The lowest BCUT2D eigenvalue weighted by Gasteiger charge is -2.10. The molecular weight excluding hydrogens is 190 g/mol. The van der Waals surface area contributed by atoms with E-state index in [9.17, 15) is 22.0 Å². The molecule has 0 atom stereocenters. The zero-order valence-electron chi connectivity index (χ0n) is 4.25. The summed E-state index contributed by atoms with van der Waals surface area (Å²) in [6, 6.07) is 0. The molecule has 0 aromatic rings. The van der Waals surface area contributed by atoms with Crippen LogP contribution in [0.15, 0.2) is 0 Å². The van der Waals surface area contributed by atoms with Crippen molar-refractivity contribution in [3.63, 3.8) is 0 Å². The molecule has 10 heteroatoms. The first-order chi connectivity index (χ1) is 4.15. The molecule has 8 nitrogen and oxygen atoms in total. The first kappa shape index (κ1) is 9.74. The molecule has 0 spiro atoms. The van der Waals surface area contributed by atoms with Crippen LogP contribution in [0, 0.1) is 5.21 Å². The third-order valence-corrected chi connectivity index (χ3v) is 2.53. The molecule has 0 unspecified atom stereocenters. The monoisotopic (exact) mass is 193 g/mol. The Labute approximate surface area is 56.4 Å². The number of hydrogen-bond donors (Lipinski definition) is 3. The van der Waals surface area contributed by atoms with Gasteiger partial charge in [0.1, 0.15) is 0 Å². The molecule has 10 heavy (non-hydrogen) atoms. The van der Waals surface area contributed by atoms with E-state index in [-0.39, 0.29) is 0 Å². The fourth-order valence-corrected chi connectivity index (χ4v) is 1.20. The van der Waals surface area contributed by atoms with Crippen molar-refractivity contribution in [3.05, 3.63) is 5.21 Å². The fraction of sp³-hybridized carbons (Fsp3) is 0. The summed E-state index contributed by atoms with van der Waals surface area (Å²) >= 11 is 0. The van der Waals surface area contributed by atoms with Gasteiger partial charge in [0.25, 0.3) is 0 Å². The van der Waals surface area contributed by atoms with E-state index in [0.717, 1.165) is 0 Å². The van der Waals surface area contributed by atoms with E-state index < -0.39 is 24.5 Å². The van der Waals surface area contributed by atoms with Crippen LogP contribution in [0.5, 0.6) is 0 Å². The minimum absolute atomic E-state index is 2.62. The number of hydrogen-bond acceptors (Lipinski definition) is 5. The highest BCUT2D eigenvalue weighted by atomic mass is 32.3. The molecule has 62 valence electrons. The summed E-state index contributed by atoms with van der Waals surface area (Å²) in [5, 5.41) is 9.81. The van der Waals surface area contributed by atoms with Crippen LogP contribution in [-0.2, 0) is 20.6 Å². The molecule has 0 saturated carbocycles. The van der Waals surface area contributed by atoms with E-state index in [2.05, 4.69) is 0 Å². The van der Waals surface area contributed by atoms with Gasteiger partial charge in [0.15, 0.2) is 0 Å². The van der Waals surface area contributed by atoms with E-state index in [1.54, 1.807) is 0 Å². The van der Waals surface area contributed by atoms with E-state index in [0.29, 0.717) is 0 Å². The largest absolute Gasteiger partial charge is 0.599 e. The lowest BCUT2D eigenvalue weighted by molar-refractivity contribution is -0.563. The summed E-state index contributed by atoms with van der Waals surface area (Å²) in [6.45, 7) is 0. The van der Waals surface area contributed by atoms with Crippen LogP contribution in [0.25, 0.3) is 0 Å². The number of quaternary nitrogens is 1. The van der Waals surface area contributed by atoms with Crippen molar-refractivity contribution in [2.75, 3.05) is 0 Å². The maximum atomic E-state index is 9.81. The predicted octanol–water partition coefficient (Wildman–Crippen LogP) is -3.03. The Morgan fingerprint density at radius 2 is 1.20 bits per heavy atom. The lowest BCUT2D eigenvalue weighted by Crippen LogP contribution is -3.10. The maximum absolute atomic E-state index is 9.81. The fourth-order valence-electron chi connectivity index (χ4n) is 0.133. The van der Waals surface area contributed by atoms with Crippen LogP contribution in [-0.4, -0.2) is 25.9 Å². The van der Waals surface area contributed by atoms with Crippen molar-refractivity contribution in [1.29, 1.82) is 0 Å². The molecule has 0 aromatic heterocycles. The Kier molecular flexibility index (Phi) is 2.35. The van der Waals surface area contributed by atoms with Crippen molar-refractivity contribution < 1.29 is 29.8 Å². The topological polar surface area (TPSA) is 136 Å². The standard InChI is InChI=1S/H3NO7S2/c2-1(9(3,4)5)10(6,7)8/h1H,(H,3,4,5)(H,6,7,8). The molecule has 3 N–H and O–H groups in total. The summed E-state index contributed by atoms with van der Waals surface area (Å²) in [6.07, 6.45) is 0. The van der Waals surface area contributed by atoms with E-state index in [4.69, 9.17) is 9.11 Å². The molecule has 0 bridgehead atoms. The highest BCUT2D eigenvalue weighted by Gasteiger charge is 2.26. The molecular formula is H3NO7S2. The first-order valence-corrected chi connectivity index (χ1v) is 4.52. The summed E-state index contributed by atoms with van der Waals surface area (Å²) in [4.78, 5) is 0. The molecule has 0 radical (unpaired) electrons. The smallest absolute Gasteiger partial charge is 0.448 e. The van der Waals surface area contributed by atoms with Crippen LogP contribution in [0.1, 0.15) is 0 Å². The summed E-state index contributed by atoms with van der Waals surface area (Å²) in [5.74, 6) is 0. The van der Waals surface area contributed by atoms with Gasteiger partial charge in [-0.2, -0.15) is 0 Å². The highest BCUT2D eigenvalue weighted by molar-refractivity contribution is 7.91. The second kappa shape index (κ2) is 2.41. The number of rotatable bonds is 2. The lowest BCUT2D eigenvalue weighted by atomic mass is 13.5. The summed E-state index contributed by atoms with van der Waals surface area (Å²) < 4.78 is 51.4.